The second-order valence-electron chi connectivity index (χ2n) is 7.17. The predicted molar refractivity (Wildman–Crippen MR) is 97.4 cm³/mol. The lowest BCUT2D eigenvalue weighted by Crippen LogP contribution is -2.23. The van der Waals surface area contributed by atoms with Gasteiger partial charge in [-0.15, -0.1) is 0 Å². The summed E-state index contributed by atoms with van der Waals surface area (Å²) in [5, 5.41) is 1.76. The Labute approximate surface area is 132 Å². The summed E-state index contributed by atoms with van der Waals surface area (Å²) in [6.07, 6.45) is 10.7. The molecule has 0 bridgehead atoms. The molecule has 0 nitrogen and oxygen atoms in total. The fourth-order valence-corrected chi connectivity index (χ4v) is 6.00. The first-order valence-electron chi connectivity index (χ1n) is 8.47. The maximum absolute atomic E-state index is 2.57. The van der Waals surface area contributed by atoms with Crippen molar-refractivity contribution < 1.29 is 0 Å². The van der Waals surface area contributed by atoms with Crippen LogP contribution in [-0.4, -0.2) is 12.8 Å². The largest absolute Gasteiger partial charge is 0.0827 e. The average molecular weight is 302 g/mol. The van der Waals surface area contributed by atoms with E-state index in [-0.39, 0.29) is 7.92 Å². The van der Waals surface area contributed by atoms with Gasteiger partial charge >= 0.3 is 0 Å². The van der Waals surface area contributed by atoms with Crippen molar-refractivity contribution in [2.45, 2.75) is 52.9 Å². The highest BCUT2D eigenvalue weighted by Crippen LogP contribution is 2.55. The molecule has 1 aromatic carbocycles. The van der Waals surface area contributed by atoms with Crippen LogP contribution in [0.2, 0.25) is 0 Å². The van der Waals surface area contributed by atoms with Gasteiger partial charge in [-0.1, -0.05) is 77.9 Å². The van der Waals surface area contributed by atoms with Crippen LogP contribution in [0.15, 0.2) is 41.7 Å². The van der Waals surface area contributed by atoms with E-state index in [2.05, 4.69) is 63.8 Å². The van der Waals surface area contributed by atoms with E-state index in [0.29, 0.717) is 5.41 Å². The minimum Gasteiger partial charge on any atom is -0.0827 e. The number of benzene rings is 1. The molecule has 0 spiro atoms. The van der Waals surface area contributed by atoms with Crippen LogP contribution in [-0.2, 0) is 6.42 Å². The van der Waals surface area contributed by atoms with Gasteiger partial charge in [-0.3, -0.25) is 0 Å². The fraction of sp³-hybridized carbons (Fsp3) is 0.600. The first-order chi connectivity index (χ1) is 10.0. The Morgan fingerprint density at radius 2 is 1.86 bits per heavy atom. The molecule has 2 rings (SSSR count). The second kappa shape index (κ2) is 7.59. The van der Waals surface area contributed by atoms with E-state index in [1.54, 1.807) is 5.31 Å². The van der Waals surface area contributed by atoms with Crippen molar-refractivity contribution in [3.63, 3.8) is 0 Å². The Morgan fingerprint density at radius 1 is 1.14 bits per heavy atom. The summed E-state index contributed by atoms with van der Waals surface area (Å²) in [7, 11) is 0.0345. The number of allylic oxidation sites excluding steroid dienone is 2. The minimum atomic E-state index is 0.0345. The van der Waals surface area contributed by atoms with Crippen molar-refractivity contribution in [1.82, 2.24) is 0 Å². The van der Waals surface area contributed by atoms with Crippen molar-refractivity contribution in [3.05, 3.63) is 47.3 Å². The Bertz CT molecular complexity index is 458. The van der Waals surface area contributed by atoms with Crippen LogP contribution in [0.4, 0.5) is 0 Å². The van der Waals surface area contributed by atoms with E-state index in [9.17, 15) is 0 Å². The summed E-state index contributed by atoms with van der Waals surface area (Å²) < 4.78 is 0. The summed E-state index contributed by atoms with van der Waals surface area (Å²) in [4.78, 5) is 0. The van der Waals surface area contributed by atoms with Gasteiger partial charge in [0.05, 0.1) is 0 Å². The summed E-state index contributed by atoms with van der Waals surface area (Å²) in [5.41, 5.74) is 1.80. The molecule has 0 amide bonds. The molecule has 1 saturated heterocycles. The van der Waals surface area contributed by atoms with Crippen molar-refractivity contribution in [3.8, 4) is 0 Å². The highest BCUT2D eigenvalue weighted by atomic mass is 31.1. The summed E-state index contributed by atoms with van der Waals surface area (Å²) in [5.74, 6) is 0.794. The van der Waals surface area contributed by atoms with Crippen LogP contribution < -0.4 is 0 Å². The van der Waals surface area contributed by atoms with Crippen molar-refractivity contribution in [1.29, 1.82) is 0 Å². The molecule has 0 N–H and O–H groups in total. The monoisotopic (exact) mass is 302 g/mol. The van der Waals surface area contributed by atoms with Gasteiger partial charge in [0, 0.05) is 0 Å². The summed E-state index contributed by atoms with van der Waals surface area (Å²) in [6, 6.07) is 10.9. The van der Waals surface area contributed by atoms with E-state index < -0.39 is 0 Å². The standard InChI is InChI=1S/C20H31P/c1-17-11-7-6-10-16-21(4)19(20(17,2)3)15-14-18-12-8-5-9-13-18/h5,8-9,12-13,15,17H,6-7,10-11,14,16H2,1-4H3. The SMILES string of the molecule is CC1CCCCCP(C)C(=CCc2ccccc2)C1(C)C. The highest BCUT2D eigenvalue weighted by Gasteiger charge is 2.32. The molecule has 0 aliphatic carbocycles. The van der Waals surface area contributed by atoms with Crippen molar-refractivity contribution in [2.24, 2.45) is 11.3 Å². The fourth-order valence-electron chi connectivity index (χ4n) is 3.45. The Hall–Kier alpha value is -0.610. The molecule has 1 aliphatic rings. The Morgan fingerprint density at radius 3 is 2.57 bits per heavy atom. The molecular formula is C20H31P. The van der Waals surface area contributed by atoms with Gasteiger partial charge in [0.2, 0.25) is 0 Å². The lowest BCUT2D eigenvalue weighted by Gasteiger charge is -2.37. The minimum absolute atomic E-state index is 0.0345. The van der Waals surface area contributed by atoms with E-state index in [0.717, 1.165) is 12.3 Å². The van der Waals surface area contributed by atoms with E-state index in [1.807, 2.05) is 0 Å². The van der Waals surface area contributed by atoms with Gasteiger partial charge in [0.25, 0.3) is 0 Å². The van der Waals surface area contributed by atoms with Gasteiger partial charge in [-0.05, 0) is 54.3 Å². The van der Waals surface area contributed by atoms with E-state index in [4.69, 9.17) is 0 Å². The summed E-state index contributed by atoms with van der Waals surface area (Å²) in [6.45, 7) is 9.94. The number of hydrogen-bond donors (Lipinski definition) is 0. The molecule has 0 radical (unpaired) electrons. The quantitative estimate of drug-likeness (QED) is 0.550. The third-order valence-corrected chi connectivity index (χ3v) is 7.88. The van der Waals surface area contributed by atoms with Crippen LogP contribution >= 0.6 is 7.92 Å². The van der Waals surface area contributed by atoms with Gasteiger partial charge < -0.3 is 0 Å². The third kappa shape index (κ3) is 4.43. The first kappa shape index (κ1) is 16.8. The molecule has 1 heterocycles. The predicted octanol–water partition coefficient (Wildman–Crippen LogP) is 6.46. The van der Waals surface area contributed by atoms with E-state index >= 15 is 0 Å². The van der Waals surface area contributed by atoms with Crippen LogP contribution in [0.3, 0.4) is 0 Å². The van der Waals surface area contributed by atoms with Crippen molar-refractivity contribution >= 4 is 7.92 Å². The normalized spacial score (nSPS) is 28.7. The molecule has 116 valence electrons. The maximum Gasteiger partial charge on any atom is -0.00767 e. The number of hydrogen-bond acceptors (Lipinski definition) is 0. The molecule has 1 heteroatoms. The summed E-state index contributed by atoms with van der Waals surface area (Å²) >= 11 is 0. The van der Waals surface area contributed by atoms with Gasteiger partial charge in [0.1, 0.15) is 0 Å². The van der Waals surface area contributed by atoms with Crippen LogP contribution in [0.1, 0.15) is 52.0 Å². The molecular weight excluding hydrogens is 271 g/mol. The number of rotatable bonds is 2. The lowest BCUT2D eigenvalue weighted by atomic mass is 9.76. The molecule has 1 fully saturated rings. The molecule has 2 unspecified atom stereocenters. The Kier molecular flexibility index (Phi) is 6.06. The topological polar surface area (TPSA) is 0 Å². The zero-order chi connectivity index (χ0) is 15.3. The van der Waals surface area contributed by atoms with Crippen molar-refractivity contribution in [2.75, 3.05) is 12.8 Å². The zero-order valence-electron chi connectivity index (χ0n) is 14.2. The highest BCUT2D eigenvalue weighted by molar-refractivity contribution is 7.61. The molecule has 1 aliphatic heterocycles. The molecule has 2 atom stereocenters. The first-order valence-corrected chi connectivity index (χ1v) is 10.4. The van der Waals surface area contributed by atoms with Gasteiger partial charge in [-0.25, -0.2) is 0 Å². The molecule has 21 heavy (non-hydrogen) atoms. The lowest BCUT2D eigenvalue weighted by molar-refractivity contribution is 0.277. The van der Waals surface area contributed by atoms with E-state index in [1.165, 1.54) is 37.4 Å². The average Bonchev–Trinajstić information content (AvgIpc) is 2.51. The zero-order valence-corrected chi connectivity index (χ0v) is 15.1. The molecule has 0 saturated carbocycles. The second-order valence-corrected chi connectivity index (χ2v) is 9.50. The maximum atomic E-state index is 2.57. The van der Waals surface area contributed by atoms with Crippen LogP contribution in [0.25, 0.3) is 0 Å². The third-order valence-electron chi connectivity index (χ3n) is 5.31. The Balaban J connectivity index is 2.24. The van der Waals surface area contributed by atoms with Crippen LogP contribution in [0, 0.1) is 11.3 Å². The molecule has 0 aromatic heterocycles. The molecule has 1 aromatic rings. The van der Waals surface area contributed by atoms with Gasteiger partial charge in [0.15, 0.2) is 0 Å². The van der Waals surface area contributed by atoms with Gasteiger partial charge in [-0.2, -0.15) is 0 Å². The smallest absolute Gasteiger partial charge is 0.00767 e. The van der Waals surface area contributed by atoms with Crippen LogP contribution in [0.5, 0.6) is 0 Å².